The van der Waals surface area contributed by atoms with Crippen LogP contribution >= 0.6 is 0 Å². The van der Waals surface area contributed by atoms with E-state index in [4.69, 9.17) is 18.9 Å². The van der Waals surface area contributed by atoms with Gasteiger partial charge in [-0.2, -0.15) is 0 Å². The van der Waals surface area contributed by atoms with Gasteiger partial charge in [-0.15, -0.1) is 0 Å². The predicted octanol–water partition coefficient (Wildman–Crippen LogP) is 11.1. The number of esters is 2. The number of ether oxygens (including phenoxy) is 4. The number of aliphatic carboxylic acids is 2. The van der Waals surface area contributed by atoms with Crippen molar-refractivity contribution in [1.82, 2.24) is 0 Å². The van der Waals surface area contributed by atoms with Crippen LogP contribution in [-0.4, -0.2) is 97.2 Å². The minimum atomic E-state index is -1.18. The maximum atomic E-state index is 11.1. The average Bonchev–Trinajstić information content (AvgIpc) is 3.26. The molecule has 2 aromatic carbocycles. The minimum Gasteiger partial charge on any atom is -0.550 e. The largest absolute Gasteiger partial charge is 2.00 e. The first kappa shape index (κ1) is 62.8. The second-order valence-electron chi connectivity index (χ2n) is 17.5. The van der Waals surface area contributed by atoms with E-state index in [0.717, 1.165) is 77.0 Å². The van der Waals surface area contributed by atoms with Gasteiger partial charge in [0.25, 0.3) is 0 Å². The minimum absolute atomic E-state index is 0. The average molecular weight is 1030 g/mol. The van der Waals surface area contributed by atoms with Gasteiger partial charge in [-0.05, 0) is 62.5 Å². The summed E-state index contributed by atoms with van der Waals surface area (Å²) >= 11 is 0. The smallest absolute Gasteiger partial charge is 0.550 e. The van der Waals surface area contributed by atoms with Crippen molar-refractivity contribution in [2.75, 3.05) is 0 Å². The molecular weight excluding hydrogens is 946 g/mol. The topological polar surface area (TPSA) is 151 Å². The maximum Gasteiger partial charge on any atom is 2.00 e. The first-order valence-electron chi connectivity index (χ1n) is 25.1. The van der Waals surface area contributed by atoms with E-state index < -0.39 is 36.1 Å². The van der Waals surface area contributed by atoms with Gasteiger partial charge in [-0.25, -0.2) is 0 Å². The molecule has 0 heterocycles. The maximum absolute atomic E-state index is 11.1. The van der Waals surface area contributed by atoms with E-state index in [9.17, 15) is 29.4 Å². The molecule has 0 aromatic heterocycles. The summed E-state index contributed by atoms with van der Waals surface area (Å²) in [5.41, 5.74) is 2.43. The van der Waals surface area contributed by atoms with E-state index in [1.807, 2.05) is 36.4 Å². The van der Waals surface area contributed by atoms with Crippen molar-refractivity contribution in [3.05, 3.63) is 71.8 Å². The van der Waals surface area contributed by atoms with Gasteiger partial charge in [0.2, 0.25) is 0 Å². The molecule has 10 nitrogen and oxygen atoms in total. The number of rotatable bonds is 40. The Bertz CT molecular complexity index is 1290. The molecule has 0 saturated heterocycles. The molecule has 0 spiro atoms. The summed E-state index contributed by atoms with van der Waals surface area (Å²) in [5, 5.41) is 21.6. The van der Waals surface area contributed by atoms with Crippen LogP contribution < -0.4 is 10.2 Å². The number of benzene rings is 2. The van der Waals surface area contributed by atoms with E-state index in [2.05, 4.69) is 38.1 Å². The van der Waals surface area contributed by atoms with Crippen molar-refractivity contribution in [2.24, 2.45) is 0 Å². The molecule has 0 aliphatic carbocycles. The molecule has 4 atom stereocenters. The Balaban J connectivity index is 0.00000124. The molecule has 4 unspecified atom stereocenters. The molecule has 0 bridgehead atoms. The molecule has 0 saturated carbocycles. The second kappa shape index (κ2) is 44.3. The fourth-order valence-corrected chi connectivity index (χ4v) is 7.94. The van der Waals surface area contributed by atoms with Crippen molar-refractivity contribution in [2.45, 2.75) is 245 Å². The second-order valence-corrected chi connectivity index (χ2v) is 17.5. The Hall–Kier alpha value is -2.19. The van der Waals surface area contributed by atoms with Crippen LogP contribution in [0.25, 0.3) is 0 Å². The van der Waals surface area contributed by atoms with Crippen molar-refractivity contribution < 1.29 is 48.3 Å². The van der Waals surface area contributed by atoms with Crippen LogP contribution in [0.5, 0.6) is 0 Å². The fourth-order valence-electron chi connectivity index (χ4n) is 7.94. The normalized spacial score (nSPS) is 12.7. The molecule has 2 aromatic rings. The van der Waals surface area contributed by atoms with Gasteiger partial charge in [0.05, 0.1) is 25.4 Å². The van der Waals surface area contributed by atoms with Gasteiger partial charge in [0.15, 0.2) is 0 Å². The van der Waals surface area contributed by atoms with Gasteiger partial charge in [-0.1, -0.05) is 190 Å². The number of hydrogen-bond acceptors (Lipinski definition) is 10. The third-order valence-corrected chi connectivity index (χ3v) is 11.5. The van der Waals surface area contributed by atoms with E-state index in [1.54, 1.807) is 0 Å². The summed E-state index contributed by atoms with van der Waals surface area (Å²) in [5.74, 6) is -3.23. The van der Waals surface area contributed by atoms with E-state index in [-0.39, 0.29) is 73.9 Å². The Labute approximate surface area is 434 Å². The zero-order chi connectivity index (χ0) is 46.9. The molecule has 65 heavy (non-hydrogen) atoms. The summed E-state index contributed by atoms with van der Waals surface area (Å²) in [4.78, 5) is 43.9. The van der Waals surface area contributed by atoms with Crippen LogP contribution in [-0.2, 0) is 51.3 Å². The molecule has 364 valence electrons. The molecule has 11 heteroatoms. The molecule has 0 N–H and O–H groups in total. The standard InChI is InChI=1S/2C27H44O5.Ba/c2*1-3-4-5-6-7-13-18-25(31-22-24-16-11-10-12-17-24)19-14-8-9-15-20-26(21-27(29)30)32-23(2)28;/h2*10-12,16-17,25-26H,3-9,13-15,18-22H2,1-2H3,(H,29,30);/q;;+2/p-2. The molecule has 0 amide bonds. The van der Waals surface area contributed by atoms with Crippen molar-refractivity contribution in [1.29, 1.82) is 0 Å². The Morgan fingerprint density at radius 1 is 0.415 bits per heavy atom. The van der Waals surface area contributed by atoms with E-state index in [0.29, 0.717) is 26.1 Å². The molecular formula is C54H86BaO10. The Morgan fingerprint density at radius 3 is 0.938 bits per heavy atom. The molecule has 0 fully saturated rings. The van der Waals surface area contributed by atoms with Crippen molar-refractivity contribution in [3.8, 4) is 0 Å². The number of carbonyl (C=O) groups is 4. The molecule has 0 aliphatic rings. The summed E-state index contributed by atoms with van der Waals surface area (Å²) in [7, 11) is 0. The van der Waals surface area contributed by atoms with Crippen molar-refractivity contribution >= 4 is 72.8 Å². The van der Waals surface area contributed by atoms with Crippen LogP contribution in [0, 0.1) is 0 Å². The van der Waals surface area contributed by atoms with Gasteiger partial charge in [0, 0.05) is 38.6 Å². The van der Waals surface area contributed by atoms with E-state index >= 15 is 0 Å². The first-order valence-corrected chi connectivity index (χ1v) is 25.1. The third-order valence-electron chi connectivity index (χ3n) is 11.5. The molecule has 0 radical (unpaired) electrons. The van der Waals surface area contributed by atoms with Gasteiger partial charge >= 0.3 is 60.8 Å². The van der Waals surface area contributed by atoms with E-state index in [1.165, 1.54) is 102 Å². The zero-order valence-corrected chi connectivity index (χ0v) is 45.5. The van der Waals surface area contributed by atoms with Crippen LogP contribution in [0.1, 0.15) is 219 Å². The fraction of sp³-hybridized carbons (Fsp3) is 0.704. The monoisotopic (exact) mass is 1030 g/mol. The van der Waals surface area contributed by atoms with Gasteiger partial charge in [-0.3, -0.25) is 9.59 Å². The van der Waals surface area contributed by atoms with Crippen LogP contribution in [0.4, 0.5) is 0 Å². The van der Waals surface area contributed by atoms with Gasteiger partial charge in [0.1, 0.15) is 12.2 Å². The Kier molecular flexibility index (Phi) is 42.8. The SMILES string of the molecule is CCCCCCCCC(CCCCCCC(CC(=O)[O-])OC(C)=O)OCc1ccccc1.CCCCCCCCC(CCCCCCC(CC(=O)[O-])OC(C)=O)OCc1ccccc1.[Ba+2]. The third kappa shape index (κ3) is 40.6. The molecule has 2 rings (SSSR count). The number of carboxylic acid groups (broad SMARTS) is 2. The molecule has 0 aliphatic heterocycles. The zero-order valence-electron chi connectivity index (χ0n) is 41.1. The first-order chi connectivity index (χ1) is 31.0. The Morgan fingerprint density at radius 2 is 0.677 bits per heavy atom. The predicted molar refractivity (Wildman–Crippen MR) is 258 cm³/mol. The summed E-state index contributed by atoms with van der Waals surface area (Å²) in [6.45, 7) is 8.42. The van der Waals surface area contributed by atoms with Crippen LogP contribution in [0.15, 0.2) is 60.7 Å². The van der Waals surface area contributed by atoms with Crippen molar-refractivity contribution in [3.63, 3.8) is 0 Å². The van der Waals surface area contributed by atoms with Crippen LogP contribution in [0.2, 0.25) is 0 Å². The van der Waals surface area contributed by atoms with Gasteiger partial charge < -0.3 is 38.7 Å². The quantitative estimate of drug-likeness (QED) is 0.0358. The number of unbranched alkanes of at least 4 members (excludes halogenated alkanes) is 16. The summed E-state index contributed by atoms with van der Waals surface area (Å²) in [6.07, 6.45) is 27.9. The summed E-state index contributed by atoms with van der Waals surface area (Å²) in [6, 6.07) is 20.7. The number of carbonyl (C=O) groups excluding carboxylic acids is 4. The number of hydrogen-bond donors (Lipinski definition) is 0. The summed E-state index contributed by atoms with van der Waals surface area (Å²) < 4.78 is 22.7. The number of carboxylic acids is 2. The van der Waals surface area contributed by atoms with Crippen LogP contribution in [0.3, 0.4) is 0 Å².